The lowest BCUT2D eigenvalue weighted by atomic mass is 10.0. The molecule has 2 rings (SSSR count). The zero-order chi connectivity index (χ0) is 15.2. The Bertz CT molecular complexity index is 492. The molecule has 1 aromatic carbocycles. The van der Waals surface area contributed by atoms with E-state index in [1.165, 1.54) is 0 Å². The predicted molar refractivity (Wildman–Crippen MR) is 86.1 cm³/mol. The van der Waals surface area contributed by atoms with Gasteiger partial charge in [0.05, 0.1) is 12.0 Å². The molecule has 0 spiro atoms. The van der Waals surface area contributed by atoms with E-state index in [2.05, 4.69) is 5.32 Å². The second-order valence-corrected chi connectivity index (χ2v) is 6.17. The molecule has 0 unspecified atom stereocenters. The Hall–Kier alpha value is -1.49. The maximum Gasteiger partial charge on any atom is 0.225 e. The quantitative estimate of drug-likeness (QED) is 0.875. The fourth-order valence-electron chi connectivity index (χ4n) is 2.62. The summed E-state index contributed by atoms with van der Waals surface area (Å²) in [6.45, 7) is 3.16. The number of hydrogen-bond donors (Lipinski definition) is 1. The molecule has 1 fully saturated rings. The Labute approximate surface area is 130 Å². The number of carbonyl (C=O) groups excluding carboxylic acids is 2. The van der Waals surface area contributed by atoms with Gasteiger partial charge in [0.25, 0.3) is 0 Å². The number of nitrogens with one attached hydrogen (secondary N) is 1. The van der Waals surface area contributed by atoms with E-state index in [9.17, 15) is 9.59 Å². The lowest BCUT2D eigenvalue weighted by Gasteiger charge is -2.20. The number of thioether (sulfide) groups is 1. The van der Waals surface area contributed by atoms with Gasteiger partial charge in [-0.25, -0.2) is 0 Å². The maximum atomic E-state index is 12.4. The number of nitrogens with zero attached hydrogens (tertiary/aromatic N) is 1. The molecule has 2 atom stereocenters. The third kappa shape index (κ3) is 4.00. The molecule has 1 aliphatic rings. The predicted octanol–water partition coefficient (Wildman–Crippen LogP) is 2.08. The van der Waals surface area contributed by atoms with Crippen LogP contribution in [0.5, 0.6) is 0 Å². The number of likely N-dealkylation sites (tertiary alicyclic amines) is 1. The van der Waals surface area contributed by atoms with Crippen LogP contribution in [0.1, 0.15) is 24.9 Å². The van der Waals surface area contributed by atoms with Gasteiger partial charge in [-0.15, -0.1) is 0 Å². The lowest BCUT2D eigenvalue weighted by Crippen LogP contribution is -2.36. The molecular weight excluding hydrogens is 284 g/mol. The van der Waals surface area contributed by atoms with Gasteiger partial charge in [-0.05, 0) is 18.7 Å². The van der Waals surface area contributed by atoms with Crippen molar-refractivity contribution in [3.8, 4) is 0 Å². The first kappa shape index (κ1) is 15.9. The Morgan fingerprint density at radius 3 is 2.71 bits per heavy atom. The Kier molecular flexibility index (Phi) is 5.67. The van der Waals surface area contributed by atoms with E-state index in [1.807, 2.05) is 43.5 Å². The molecule has 0 saturated carbocycles. The van der Waals surface area contributed by atoms with Crippen LogP contribution in [0, 0.1) is 5.92 Å². The van der Waals surface area contributed by atoms with Crippen LogP contribution in [-0.4, -0.2) is 41.8 Å². The van der Waals surface area contributed by atoms with E-state index in [0.29, 0.717) is 19.5 Å². The summed E-state index contributed by atoms with van der Waals surface area (Å²) in [7, 11) is 0. The largest absolute Gasteiger partial charge is 0.348 e. The van der Waals surface area contributed by atoms with Crippen molar-refractivity contribution < 1.29 is 9.59 Å². The summed E-state index contributed by atoms with van der Waals surface area (Å²) in [5.74, 6) is 0.681. The summed E-state index contributed by atoms with van der Waals surface area (Å²) in [6, 6.07) is 9.98. The summed E-state index contributed by atoms with van der Waals surface area (Å²) >= 11 is 1.70. The lowest BCUT2D eigenvalue weighted by molar-refractivity contribution is -0.129. The summed E-state index contributed by atoms with van der Waals surface area (Å²) in [6.07, 6.45) is 2.36. The van der Waals surface area contributed by atoms with Crippen LogP contribution >= 0.6 is 11.8 Å². The van der Waals surface area contributed by atoms with Gasteiger partial charge < -0.3 is 10.2 Å². The number of amides is 2. The van der Waals surface area contributed by atoms with Crippen molar-refractivity contribution in [3.63, 3.8) is 0 Å². The van der Waals surface area contributed by atoms with Gasteiger partial charge in [0, 0.05) is 25.3 Å². The van der Waals surface area contributed by atoms with E-state index < -0.39 is 0 Å². The van der Waals surface area contributed by atoms with Crippen LogP contribution in [0.15, 0.2) is 30.3 Å². The van der Waals surface area contributed by atoms with Crippen molar-refractivity contribution in [2.45, 2.75) is 19.4 Å². The number of benzene rings is 1. The Balaban J connectivity index is 2.01. The molecule has 2 amide bonds. The summed E-state index contributed by atoms with van der Waals surface area (Å²) in [4.78, 5) is 25.9. The highest BCUT2D eigenvalue weighted by atomic mass is 32.2. The summed E-state index contributed by atoms with van der Waals surface area (Å²) < 4.78 is 0. The van der Waals surface area contributed by atoms with Gasteiger partial charge in [0.2, 0.25) is 11.8 Å². The van der Waals surface area contributed by atoms with Gasteiger partial charge in [0.1, 0.15) is 0 Å². The number of rotatable bonds is 6. The summed E-state index contributed by atoms with van der Waals surface area (Å²) in [5, 5.41) is 3.10. The fourth-order valence-corrected chi connectivity index (χ4v) is 3.23. The smallest absolute Gasteiger partial charge is 0.225 e. The van der Waals surface area contributed by atoms with E-state index in [4.69, 9.17) is 0 Å². The molecule has 0 aliphatic carbocycles. The minimum absolute atomic E-state index is 0.000483. The molecule has 1 heterocycles. The van der Waals surface area contributed by atoms with Crippen LogP contribution in [0.2, 0.25) is 0 Å². The second kappa shape index (κ2) is 7.50. The van der Waals surface area contributed by atoms with Crippen molar-refractivity contribution in [2.24, 2.45) is 5.92 Å². The normalized spacial score (nSPS) is 19.6. The molecule has 1 aromatic rings. The fraction of sp³-hybridized carbons (Fsp3) is 0.500. The highest BCUT2D eigenvalue weighted by molar-refractivity contribution is 7.98. The first-order chi connectivity index (χ1) is 10.2. The van der Waals surface area contributed by atoms with Crippen molar-refractivity contribution in [2.75, 3.05) is 25.1 Å². The number of hydrogen-bond acceptors (Lipinski definition) is 3. The molecular formula is C16H22N2O2S. The second-order valence-electron chi connectivity index (χ2n) is 5.26. The standard InChI is InChI=1S/C16H22N2O2S/c1-3-18-10-13(9-15(18)19)16(20)17-14(11-21-2)12-7-5-4-6-8-12/h4-8,13-14H,3,9-11H2,1-2H3,(H,17,20)/t13-,14+/m1/s1. The molecule has 0 radical (unpaired) electrons. The first-order valence-corrected chi connectivity index (χ1v) is 8.67. The van der Waals surface area contributed by atoms with E-state index in [-0.39, 0.29) is 23.8 Å². The van der Waals surface area contributed by atoms with Crippen LogP contribution in [0.4, 0.5) is 0 Å². The van der Waals surface area contributed by atoms with Crippen molar-refractivity contribution >= 4 is 23.6 Å². The van der Waals surface area contributed by atoms with Gasteiger partial charge >= 0.3 is 0 Å². The topological polar surface area (TPSA) is 49.4 Å². The highest BCUT2D eigenvalue weighted by Crippen LogP contribution is 2.21. The molecule has 1 saturated heterocycles. The minimum atomic E-state index is -0.217. The molecule has 21 heavy (non-hydrogen) atoms. The van der Waals surface area contributed by atoms with Gasteiger partial charge in [-0.2, -0.15) is 11.8 Å². The van der Waals surface area contributed by atoms with Crippen molar-refractivity contribution in [1.82, 2.24) is 10.2 Å². The zero-order valence-electron chi connectivity index (χ0n) is 12.5. The maximum absolute atomic E-state index is 12.4. The first-order valence-electron chi connectivity index (χ1n) is 7.27. The zero-order valence-corrected chi connectivity index (χ0v) is 13.4. The SMILES string of the molecule is CCN1C[C@H](C(=O)N[C@@H](CSC)c2ccccc2)CC1=O. The van der Waals surface area contributed by atoms with Crippen molar-refractivity contribution in [1.29, 1.82) is 0 Å². The monoisotopic (exact) mass is 306 g/mol. The van der Waals surface area contributed by atoms with Crippen LogP contribution in [-0.2, 0) is 9.59 Å². The molecule has 0 bridgehead atoms. The molecule has 1 N–H and O–H groups in total. The summed E-state index contributed by atoms with van der Waals surface area (Å²) in [5.41, 5.74) is 1.11. The van der Waals surface area contributed by atoms with Gasteiger partial charge in [0.15, 0.2) is 0 Å². The van der Waals surface area contributed by atoms with Crippen LogP contribution < -0.4 is 5.32 Å². The number of carbonyl (C=O) groups is 2. The van der Waals surface area contributed by atoms with E-state index >= 15 is 0 Å². The van der Waals surface area contributed by atoms with Crippen LogP contribution in [0.25, 0.3) is 0 Å². The third-order valence-electron chi connectivity index (χ3n) is 3.82. The van der Waals surface area contributed by atoms with Crippen molar-refractivity contribution in [3.05, 3.63) is 35.9 Å². The highest BCUT2D eigenvalue weighted by Gasteiger charge is 2.34. The molecule has 4 nitrogen and oxygen atoms in total. The van der Waals surface area contributed by atoms with E-state index in [1.54, 1.807) is 16.7 Å². The van der Waals surface area contributed by atoms with Gasteiger partial charge in [-0.3, -0.25) is 9.59 Å². The average molecular weight is 306 g/mol. The minimum Gasteiger partial charge on any atom is -0.348 e. The molecule has 1 aliphatic heterocycles. The Morgan fingerprint density at radius 2 is 2.14 bits per heavy atom. The van der Waals surface area contributed by atoms with Crippen LogP contribution in [0.3, 0.4) is 0 Å². The van der Waals surface area contributed by atoms with E-state index in [0.717, 1.165) is 11.3 Å². The molecule has 5 heteroatoms. The third-order valence-corrected chi connectivity index (χ3v) is 4.49. The van der Waals surface area contributed by atoms with Gasteiger partial charge in [-0.1, -0.05) is 30.3 Å². The Morgan fingerprint density at radius 1 is 1.43 bits per heavy atom. The molecule has 0 aromatic heterocycles. The average Bonchev–Trinajstić information content (AvgIpc) is 2.89. The molecule has 114 valence electrons.